The molecule has 0 spiro atoms. The first-order valence-electron chi connectivity index (χ1n) is 7.01. The lowest BCUT2D eigenvalue weighted by atomic mass is 9.68. The fourth-order valence-electron chi connectivity index (χ4n) is 3.08. The van der Waals surface area contributed by atoms with Gasteiger partial charge >= 0.3 is 0 Å². The second kappa shape index (κ2) is 5.75. The van der Waals surface area contributed by atoms with Gasteiger partial charge in [-0.2, -0.15) is 0 Å². The monoisotopic (exact) mass is 247 g/mol. The summed E-state index contributed by atoms with van der Waals surface area (Å²) in [7, 11) is 1.75. The van der Waals surface area contributed by atoms with Crippen LogP contribution in [0.5, 0.6) is 5.75 Å². The van der Waals surface area contributed by atoms with E-state index >= 15 is 0 Å². The molecule has 2 N–H and O–H groups in total. The predicted molar refractivity (Wildman–Crippen MR) is 75.8 cm³/mol. The number of para-hydroxylation sites is 1. The van der Waals surface area contributed by atoms with Gasteiger partial charge in [-0.1, -0.05) is 38.0 Å². The first-order valence-corrected chi connectivity index (χ1v) is 7.01. The van der Waals surface area contributed by atoms with Crippen LogP contribution >= 0.6 is 0 Å². The average Bonchev–Trinajstić information content (AvgIpc) is 2.42. The highest BCUT2D eigenvalue weighted by Crippen LogP contribution is 2.41. The Morgan fingerprint density at radius 2 is 1.94 bits per heavy atom. The first-order chi connectivity index (χ1) is 8.69. The first kappa shape index (κ1) is 13.4. The maximum atomic E-state index is 6.08. The smallest absolute Gasteiger partial charge is 0.122 e. The lowest BCUT2D eigenvalue weighted by molar-refractivity contribution is 0.162. The van der Waals surface area contributed by atoms with Crippen LogP contribution in [0.3, 0.4) is 0 Å². The van der Waals surface area contributed by atoms with Gasteiger partial charge in [-0.15, -0.1) is 0 Å². The molecule has 1 aliphatic carbocycles. The zero-order valence-electron chi connectivity index (χ0n) is 11.6. The van der Waals surface area contributed by atoms with E-state index in [1.165, 1.54) is 31.2 Å². The molecule has 1 saturated carbocycles. The molecule has 0 saturated heterocycles. The van der Waals surface area contributed by atoms with Crippen LogP contribution in [0.1, 0.15) is 38.2 Å². The SMILES string of the molecule is COc1ccccc1CC1(CN)CCC(C)CC1. The number of nitrogens with two attached hydrogens (primary N) is 1. The summed E-state index contributed by atoms with van der Waals surface area (Å²) < 4.78 is 5.46. The molecule has 2 heteroatoms. The Labute approximate surface area is 111 Å². The molecule has 0 aliphatic heterocycles. The van der Waals surface area contributed by atoms with E-state index in [0.717, 1.165) is 24.6 Å². The molecule has 2 rings (SSSR count). The number of ether oxygens (including phenoxy) is 1. The van der Waals surface area contributed by atoms with E-state index in [9.17, 15) is 0 Å². The number of rotatable bonds is 4. The third-order valence-electron chi connectivity index (χ3n) is 4.53. The molecule has 0 bridgehead atoms. The molecule has 0 atom stereocenters. The molecule has 1 aromatic carbocycles. The van der Waals surface area contributed by atoms with Gasteiger partial charge in [0.2, 0.25) is 0 Å². The fourth-order valence-corrected chi connectivity index (χ4v) is 3.08. The Balaban J connectivity index is 2.15. The Kier molecular flexibility index (Phi) is 4.28. The molecule has 18 heavy (non-hydrogen) atoms. The van der Waals surface area contributed by atoms with Gasteiger partial charge in [-0.3, -0.25) is 0 Å². The van der Waals surface area contributed by atoms with Gasteiger partial charge < -0.3 is 10.5 Å². The summed E-state index contributed by atoms with van der Waals surface area (Å²) in [6.07, 6.45) is 6.18. The molecule has 0 amide bonds. The Morgan fingerprint density at radius 1 is 1.28 bits per heavy atom. The van der Waals surface area contributed by atoms with Crippen molar-refractivity contribution in [3.05, 3.63) is 29.8 Å². The second-order valence-corrected chi connectivity index (χ2v) is 5.88. The minimum atomic E-state index is 0.293. The van der Waals surface area contributed by atoms with Crippen molar-refractivity contribution in [2.45, 2.75) is 39.0 Å². The van der Waals surface area contributed by atoms with Crippen molar-refractivity contribution in [3.8, 4) is 5.75 Å². The molecule has 100 valence electrons. The molecular weight excluding hydrogens is 222 g/mol. The van der Waals surface area contributed by atoms with Gasteiger partial charge in [0.15, 0.2) is 0 Å². The van der Waals surface area contributed by atoms with Crippen molar-refractivity contribution in [3.63, 3.8) is 0 Å². The van der Waals surface area contributed by atoms with Gasteiger partial charge in [-0.05, 0) is 48.8 Å². The van der Waals surface area contributed by atoms with Crippen LogP contribution < -0.4 is 10.5 Å². The number of hydrogen-bond acceptors (Lipinski definition) is 2. The van der Waals surface area contributed by atoms with Gasteiger partial charge in [0.25, 0.3) is 0 Å². The van der Waals surface area contributed by atoms with Crippen molar-refractivity contribution in [2.24, 2.45) is 17.1 Å². The van der Waals surface area contributed by atoms with Crippen molar-refractivity contribution in [2.75, 3.05) is 13.7 Å². The molecule has 1 aromatic rings. The number of benzene rings is 1. The summed E-state index contributed by atoms with van der Waals surface area (Å²) in [6.45, 7) is 3.14. The van der Waals surface area contributed by atoms with Gasteiger partial charge in [-0.25, -0.2) is 0 Å². The van der Waals surface area contributed by atoms with Crippen molar-refractivity contribution >= 4 is 0 Å². The second-order valence-electron chi connectivity index (χ2n) is 5.88. The van der Waals surface area contributed by atoms with E-state index in [2.05, 4.69) is 19.1 Å². The largest absolute Gasteiger partial charge is 0.496 e. The van der Waals surface area contributed by atoms with E-state index in [1.54, 1.807) is 7.11 Å². The summed E-state index contributed by atoms with van der Waals surface area (Å²) in [4.78, 5) is 0. The van der Waals surface area contributed by atoms with Crippen molar-refractivity contribution < 1.29 is 4.74 Å². The average molecular weight is 247 g/mol. The lowest BCUT2D eigenvalue weighted by Crippen LogP contribution is -2.36. The molecule has 0 radical (unpaired) electrons. The molecule has 0 unspecified atom stereocenters. The van der Waals surface area contributed by atoms with Crippen LogP contribution in [0, 0.1) is 11.3 Å². The van der Waals surface area contributed by atoms with Crippen LogP contribution in [0.2, 0.25) is 0 Å². The highest BCUT2D eigenvalue weighted by Gasteiger charge is 2.33. The van der Waals surface area contributed by atoms with E-state index in [4.69, 9.17) is 10.5 Å². The molecule has 2 nitrogen and oxygen atoms in total. The number of hydrogen-bond donors (Lipinski definition) is 1. The molecule has 1 aliphatic rings. The standard InChI is InChI=1S/C16H25NO/c1-13-7-9-16(12-17,10-8-13)11-14-5-3-4-6-15(14)18-2/h3-6,13H,7-12,17H2,1-2H3. The molecular formula is C16H25NO. The third kappa shape index (κ3) is 2.86. The molecule has 0 aromatic heterocycles. The van der Waals surface area contributed by atoms with Crippen molar-refractivity contribution in [1.82, 2.24) is 0 Å². The van der Waals surface area contributed by atoms with E-state index < -0.39 is 0 Å². The molecule has 0 heterocycles. The Hall–Kier alpha value is -1.02. The highest BCUT2D eigenvalue weighted by atomic mass is 16.5. The zero-order chi connectivity index (χ0) is 13.0. The van der Waals surface area contributed by atoms with E-state index in [-0.39, 0.29) is 0 Å². The van der Waals surface area contributed by atoms with Crippen LogP contribution in [-0.4, -0.2) is 13.7 Å². The maximum Gasteiger partial charge on any atom is 0.122 e. The van der Waals surface area contributed by atoms with Crippen LogP contribution in [-0.2, 0) is 6.42 Å². The Bertz CT molecular complexity index is 380. The van der Waals surface area contributed by atoms with Crippen LogP contribution in [0.25, 0.3) is 0 Å². The van der Waals surface area contributed by atoms with Crippen LogP contribution in [0.4, 0.5) is 0 Å². The summed E-state index contributed by atoms with van der Waals surface area (Å²) in [5, 5.41) is 0. The normalized spacial score (nSPS) is 28.1. The van der Waals surface area contributed by atoms with Crippen molar-refractivity contribution in [1.29, 1.82) is 0 Å². The third-order valence-corrected chi connectivity index (χ3v) is 4.53. The summed E-state index contributed by atoms with van der Waals surface area (Å²) in [5.74, 6) is 1.87. The summed E-state index contributed by atoms with van der Waals surface area (Å²) in [6, 6.07) is 8.34. The highest BCUT2D eigenvalue weighted by molar-refractivity contribution is 5.34. The van der Waals surface area contributed by atoms with Gasteiger partial charge in [0.05, 0.1) is 7.11 Å². The number of methoxy groups -OCH3 is 1. The fraction of sp³-hybridized carbons (Fsp3) is 0.625. The van der Waals surface area contributed by atoms with Crippen LogP contribution in [0.15, 0.2) is 24.3 Å². The quantitative estimate of drug-likeness (QED) is 0.885. The topological polar surface area (TPSA) is 35.2 Å². The minimum Gasteiger partial charge on any atom is -0.496 e. The summed E-state index contributed by atoms with van der Waals surface area (Å²) in [5.41, 5.74) is 7.68. The van der Waals surface area contributed by atoms with Gasteiger partial charge in [0, 0.05) is 0 Å². The molecule has 1 fully saturated rings. The maximum absolute atomic E-state index is 6.08. The predicted octanol–water partition coefficient (Wildman–Crippen LogP) is 3.39. The minimum absolute atomic E-state index is 0.293. The Morgan fingerprint density at radius 3 is 2.56 bits per heavy atom. The van der Waals surface area contributed by atoms with Gasteiger partial charge in [0.1, 0.15) is 5.75 Å². The summed E-state index contributed by atoms with van der Waals surface area (Å²) >= 11 is 0. The zero-order valence-corrected chi connectivity index (χ0v) is 11.6. The van der Waals surface area contributed by atoms with E-state index in [1.807, 2.05) is 12.1 Å². The van der Waals surface area contributed by atoms with E-state index in [0.29, 0.717) is 5.41 Å². The lowest BCUT2D eigenvalue weighted by Gasteiger charge is -2.39.